The van der Waals surface area contributed by atoms with E-state index in [0.717, 1.165) is 17.5 Å². The molecule has 2 aromatic carbocycles. The van der Waals surface area contributed by atoms with E-state index in [4.69, 9.17) is 4.52 Å². The molecule has 138 valence electrons. The second-order valence-electron chi connectivity index (χ2n) is 7.17. The summed E-state index contributed by atoms with van der Waals surface area (Å²) >= 11 is 0. The van der Waals surface area contributed by atoms with E-state index in [1.165, 1.54) is 11.1 Å². The molecule has 1 amide bonds. The summed E-state index contributed by atoms with van der Waals surface area (Å²) in [4.78, 5) is 18.8. The summed E-state index contributed by atoms with van der Waals surface area (Å²) in [5.41, 5.74) is 4.54. The van der Waals surface area contributed by atoms with Gasteiger partial charge in [0.25, 0.3) is 5.89 Å². The van der Waals surface area contributed by atoms with Crippen LogP contribution in [0.5, 0.6) is 0 Å². The highest BCUT2D eigenvalue weighted by Gasteiger charge is 2.33. The zero-order valence-electron chi connectivity index (χ0n) is 15.7. The smallest absolute Gasteiger partial charge is 0.257 e. The van der Waals surface area contributed by atoms with Gasteiger partial charge in [0.05, 0.1) is 0 Å². The molecule has 1 aromatic heterocycles. The Balaban J connectivity index is 1.45. The number of aromatic nitrogens is 2. The molecule has 0 aliphatic carbocycles. The Morgan fingerprint density at radius 2 is 1.78 bits per heavy atom. The molecule has 0 bridgehead atoms. The van der Waals surface area contributed by atoms with Crippen molar-refractivity contribution >= 4 is 5.91 Å². The Kier molecular flexibility index (Phi) is 4.75. The van der Waals surface area contributed by atoms with E-state index in [9.17, 15) is 4.79 Å². The predicted molar refractivity (Wildman–Crippen MR) is 103 cm³/mol. The van der Waals surface area contributed by atoms with Crippen LogP contribution < -0.4 is 0 Å². The third kappa shape index (κ3) is 3.77. The molecule has 0 spiro atoms. The summed E-state index contributed by atoms with van der Waals surface area (Å²) in [6.07, 6.45) is 1.43. The Morgan fingerprint density at radius 1 is 1.07 bits per heavy atom. The fourth-order valence-electron chi connectivity index (χ4n) is 3.41. The topological polar surface area (TPSA) is 59.2 Å². The van der Waals surface area contributed by atoms with Crippen LogP contribution in [0.4, 0.5) is 0 Å². The fraction of sp³-hybridized carbons (Fsp3) is 0.318. The molecule has 1 fully saturated rings. The first-order valence-electron chi connectivity index (χ1n) is 9.38. The maximum Gasteiger partial charge on any atom is 0.257 e. The van der Waals surface area contributed by atoms with Crippen LogP contribution in [0.15, 0.2) is 53.1 Å². The third-order valence-corrected chi connectivity index (χ3v) is 5.12. The Hall–Kier alpha value is -2.95. The first-order valence-corrected chi connectivity index (χ1v) is 9.38. The summed E-state index contributed by atoms with van der Waals surface area (Å²) in [6, 6.07) is 16.4. The van der Waals surface area contributed by atoms with Gasteiger partial charge in [-0.25, -0.2) is 0 Å². The number of rotatable bonds is 5. The normalized spacial score (nSPS) is 16.9. The molecular formula is C22H23N3O2. The Labute approximate surface area is 159 Å². The van der Waals surface area contributed by atoms with E-state index in [0.29, 0.717) is 31.2 Å². The zero-order chi connectivity index (χ0) is 18.8. The van der Waals surface area contributed by atoms with Gasteiger partial charge in [0.2, 0.25) is 5.91 Å². The van der Waals surface area contributed by atoms with Crippen molar-refractivity contribution in [2.45, 2.75) is 39.2 Å². The SMILES string of the molecule is CCc1ccc(-c2nc(C3CC(=O)N(Cc4ccc(C)cc4)C3)no2)cc1. The average molecular weight is 361 g/mol. The fourth-order valence-corrected chi connectivity index (χ4v) is 3.41. The summed E-state index contributed by atoms with van der Waals surface area (Å²) in [6.45, 7) is 5.43. The number of carbonyl (C=O) groups is 1. The van der Waals surface area contributed by atoms with Crippen molar-refractivity contribution in [3.05, 3.63) is 71.0 Å². The van der Waals surface area contributed by atoms with Crippen molar-refractivity contribution in [3.63, 3.8) is 0 Å². The van der Waals surface area contributed by atoms with Crippen LogP contribution in [0.2, 0.25) is 0 Å². The Morgan fingerprint density at radius 3 is 2.48 bits per heavy atom. The maximum absolute atomic E-state index is 12.4. The minimum absolute atomic E-state index is 0.0182. The van der Waals surface area contributed by atoms with Gasteiger partial charge in [0.1, 0.15) is 0 Å². The van der Waals surface area contributed by atoms with Crippen LogP contribution in [0, 0.1) is 6.92 Å². The second-order valence-corrected chi connectivity index (χ2v) is 7.17. The van der Waals surface area contributed by atoms with Crippen molar-refractivity contribution in [2.75, 3.05) is 6.54 Å². The van der Waals surface area contributed by atoms with Gasteiger partial charge in [-0.2, -0.15) is 4.98 Å². The van der Waals surface area contributed by atoms with Crippen LogP contribution in [0.25, 0.3) is 11.5 Å². The van der Waals surface area contributed by atoms with Gasteiger partial charge >= 0.3 is 0 Å². The van der Waals surface area contributed by atoms with Gasteiger partial charge in [-0.3, -0.25) is 4.79 Å². The highest BCUT2D eigenvalue weighted by atomic mass is 16.5. The van der Waals surface area contributed by atoms with E-state index >= 15 is 0 Å². The van der Waals surface area contributed by atoms with Gasteiger partial charge in [0, 0.05) is 31.0 Å². The minimum Gasteiger partial charge on any atom is -0.338 e. The number of benzene rings is 2. The molecular weight excluding hydrogens is 338 g/mol. The lowest BCUT2D eigenvalue weighted by Crippen LogP contribution is -2.24. The third-order valence-electron chi connectivity index (χ3n) is 5.12. The van der Waals surface area contributed by atoms with E-state index in [2.05, 4.69) is 60.4 Å². The maximum atomic E-state index is 12.4. The van der Waals surface area contributed by atoms with Gasteiger partial charge in [-0.05, 0) is 36.6 Å². The largest absolute Gasteiger partial charge is 0.338 e. The van der Waals surface area contributed by atoms with Gasteiger partial charge in [-0.15, -0.1) is 0 Å². The molecule has 1 aliphatic heterocycles. The number of aryl methyl sites for hydroxylation is 2. The van der Waals surface area contributed by atoms with Crippen molar-refractivity contribution in [2.24, 2.45) is 0 Å². The number of nitrogens with zero attached hydrogens (tertiary/aromatic N) is 3. The molecule has 1 atom stereocenters. The molecule has 0 N–H and O–H groups in total. The highest BCUT2D eigenvalue weighted by Crippen LogP contribution is 2.29. The zero-order valence-corrected chi connectivity index (χ0v) is 15.7. The highest BCUT2D eigenvalue weighted by molar-refractivity contribution is 5.79. The summed E-state index contributed by atoms with van der Waals surface area (Å²) in [7, 11) is 0. The van der Waals surface area contributed by atoms with Crippen LogP contribution in [-0.4, -0.2) is 27.5 Å². The average Bonchev–Trinajstić information content (AvgIpc) is 3.31. The summed E-state index contributed by atoms with van der Waals surface area (Å²) in [5.74, 6) is 1.25. The number of hydrogen-bond donors (Lipinski definition) is 0. The van der Waals surface area contributed by atoms with Crippen LogP contribution in [-0.2, 0) is 17.8 Å². The second kappa shape index (κ2) is 7.35. The number of carbonyl (C=O) groups excluding carboxylic acids is 1. The minimum atomic E-state index is -0.0182. The predicted octanol–water partition coefficient (Wildman–Crippen LogP) is 4.12. The summed E-state index contributed by atoms with van der Waals surface area (Å²) < 4.78 is 5.45. The van der Waals surface area contributed by atoms with Crippen molar-refractivity contribution < 1.29 is 9.32 Å². The lowest BCUT2D eigenvalue weighted by molar-refractivity contribution is -0.128. The molecule has 3 aromatic rings. The van der Waals surface area contributed by atoms with E-state index in [-0.39, 0.29) is 11.8 Å². The quantitative estimate of drug-likeness (QED) is 0.686. The molecule has 1 unspecified atom stereocenters. The van der Waals surface area contributed by atoms with E-state index in [1.54, 1.807) is 0 Å². The van der Waals surface area contributed by atoms with E-state index < -0.39 is 0 Å². The number of hydrogen-bond acceptors (Lipinski definition) is 4. The molecule has 0 radical (unpaired) electrons. The molecule has 5 heteroatoms. The Bertz CT molecular complexity index is 929. The standard InChI is InChI=1S/C22H23N3O2/c1-3-16-8-10-18(11-9-16)22-23-21(24-27-22)19-12-20(26)25(14-19)13-17-6-4-15(2)5-7-17/h4-11,19H,3,12-14H2,1-2H3. The first-order chi connectivity index (χ1) is 13.1. The van der Waals surface area contributed by atoms with Crippen LogP contribution in [0.1, 0.15) is 41.8 Å². The molecule has 2 heterocycles. The first kappa shape index (κ1) is 17.5. The van der Waals surface area contributed by atoms with Crippen LogP contribution in [0.3, 0.4) is 0 Å². The molecule has 5 nitrogen and oxygen atoms in total. The van der Waals surface area contributed by atoms with Crippen molar-refractivity contribution in [3.8, 4) is 11.5 Å². The van der Waals surface area contributed by atoms with Gasteiger partial charge in [0.15, 0.2) is 5.82 Å². The van der Waals surface area contributed by atoms with Crippen molar-refractivity contribution in [1.29, 1.82) is 0 Å². The molecule has 27 heavy (non-hydrogen) atoms. The molecule has 1 saturated heterocycles. The van der Waals surface area contributed by atoms with Crippen LogP contribution >= 0.6 is 0 Å². The molecule has 1 aliphatic rings. The number of amides is 1. The van der Waals surface area contributed by atoms with Gasteiger partial charge in [-0.1, -0.05) is 54.0 Å². The van der Waals surface area contributed by atoms with E-state index in [1.807, 2.05) is 17.0 Å². The lowest BCUT2D eigenvalue weighted by Gasteiger charge is -2.16. The molecule has 4 rings (SSSR count). The monoisotopic (exact) mass is 361 g/mol. The summed E-state index contributed by atoms with van der Waals surface area (Å²) in [5, 5.41) is 4.14. The van der Waals surface area contributed by atoms with Gasteiger partial charge < -0.3 is 9.42 Å². The lowest BCUT2D eigenvalue weighted by atomic mass is 10.1. The molecule has 0 saturated carbocycles. The van der Waals surface area contributed by atoms with Crippen molar-refractivity contribution in [1.82, 2.24) is 15.0 Å². The number of likely N-dealkylation sites (tertiary alicyclic amines) is 1.